The molecule has 0 atom stereocenters. The van der Waals surface area contributed by atoms with Crippen molar-refractivity contribution >= 4 is 18.2 Å². The number of ether oxygens (including phenoxy) is 3. The number of nitriles is 3. The molecule has 1 rings (SSSR count). The van der Waals surface area contributed by atoms with E-state index in [1.165, 1.54) is 58.3 Å². The zero-order valence-corrected chi connectivity index (χ0v) is 13.5. The molecule has 120 valence electrons. The Hall–Kier alpha value is -3.69. The molecule has 0 aliphatic carbocycles. The summed E-state index contributed by atoms with van der Waals surface area (Å²) in [7, 11) is 4.36. The highest BCUT2D eigenvalue weighted by Gasteiger charge is 2.20. The van der Waals surface area contributed by atoms with Crippen LogP contribution in [-0.4, -0.2) is 21.3 Å². The molecule has 1 aromatic rings. The van der Waals surface area contributed by atoms with Gasteiger partial charge in [-0.3, -0.25) is 0 Å². The Labute approximate surface area is 140 Å². The van der Waals surface area contributed by atoms with Crippen LogP contribution in [0.15, 0.2) is 18.8 Å². The molecule has 0 saturated heterocycles. The van der Waals surface area contributed by atoms with Gasteiger partial charge in [-0.2, -0.15) is 15.8 Å². The van der Waals surface area contributed by atoms with Crippen molar-refractivity contribution in [2.75, 3.05) is 21.3 Å². The first-order valence-corrected chi connectivity index (χ1v) is 6.72. The first kappa shape index (κ1) is 18.4. The van der Waals surface area contributed by atoms with Crippen LogP contribution >= 0.6 is 0 Å². The molecule has 0 saturated carbocycles. The van der Waals surface area contributed by atoms with Crippen LogP contribution in [0.2, 0.25) is 0 Å². The summed E-state index contributed by atoms with van der Waals surface area (Å²) in [4.78, 5) is 0. The first-order valence-electron chi connectivity index (χ1n) is 6.72. The lowest BCUT2D eigenvalue weighted by atomic mass is 9.87. The van der Waals surface area contributed by atoms with E-state index < -0.39 is 0 Å². The molecule has 0 aromatic heterocycles. The largest absolute Gasteiger partial charge is 0.504 e. The normalized spacial score (nSPS) is 10.5. The lowest BCUT2D eigenvalue weighted by Gasteiger charge is -2.12. The molecule has 0 aliphatic rings. The number of hydrogen-bond acceptors (Lipinski definition) is 6. The molecule has 6 nitrogen and oxygen atoms in total. The average Bonchev–Trinajstić information content (AvgIpc) is 2.61. The van der Waals surface area contributed by atoms with Crippen LogP contribution in [0.3, 0.4) is 0 Å². The molecular weight excluding hydrogens is 306 g/mol. The Morgan fingerprint density at radius 2 is 0.833 bits per heavy atom. The van der Waals surface area contributed by atoms with Crippen LogP contribution in [-0.2, 0) is 14.2 Å². The van der Waals surface area contributed by atoms with E-state index in [9.17, 15) is 15.8 Å². The maximum absolute atomic E-state index is 9.54. The number of benzene rings is 1. The Balaban J connectivity index is 4.03. The quantitative estimate of drug-likeness (QED) is 0.746. The minimum Gasteiger partial charge on any atom is -0.504 e. The van der Waals surface area contributed by atoms with Gasteiger partial charge in [0.15, 0.2) is 0 Å². The van der Waals surface area contributed by atoms with Crippen LogP contribution in [0.4, 0.5) is 0 Å². The topological polar surface area (TPSA) is 99.1 Å². The van der Waals surface area contributed by atoms with E-state index in [0.717, 1.165) is 0 Å². The van der Waals surface area contributed by atoms with E-state index in [1.54, 1.807) is 0 Å². The summed E-state index contributed by atoms with van der Waals surface area (Å²) in [6.07, 6.45) is 8.59. The SMILES string of the molecule is CO/C=C/c1c(C#N)c(/C=C/OC)c(C#N)c(/C=C/OC)c1C#N. The minimum atomic E-state index is 0.180. The van der Waals surface area contributed by atoms with Crippen molar-refractivity contribution in [3.8, 4) is 18.2 Å². The molecule has 0 radical (unpaired) electrons. The second kappa shape index (κ2) is 9.35. The van der Waals surface area contributed by atoms with Gasteiger partial charge in [-0.25, -0.2) is 0 Å². The molecule has 6 heteroatoms. The van der Waals surface area contributed by atoms with Crippen molar-refractivity contribution < 1.29 is 14.2 Å². The fraction of sp³-hybridized carbons (Fsp3) is 0.167. The van der Waals surface area contributed by atoms with E-state index in [1.807, 2.05) is 18.2 Å². The minimum absolute atomic E-state index is 0.180. The van der Waals surface area contributed by atoms with E-state index in [0.29, 0.717) is 16.7 Å². The van der Waals surface area contributed by atoms with Gasteiger partial charge in [-0.15, -0.1) is 0 Å². The van der Waals surface area contributed by atoms with Crippen LogP contribution in [0.5, 0.6) is 0 Å². The summed E-state index contributed by atoms with van der Waals surface area (Å²) in [5, 5.41) is 28.6. The van der Waals surface area contributed by atoms with Crippen molar-refractivity contribution in [1.82, 2.24) is 0 Å². The van der Waals surface area contributed by atoms with E-state index in [4.69, 9.17) is 14.2 Å². The van der Waals surface area contributed by atoms with Gasteiger partial charge in [0.1, 0.15) is 18.2 Å². The number of methoxy groups -OCH3 is 3. The molecule has 0 bridgehead atoms. The molecular formula is C18H15N3O3. The predicted molar refractivity (Wildman–Crippen MR) is 88.7 cm³/mol. The van der Waals surface area contributed by atoms with Gasteiger partial charge in [0, 0.05) is 16.7 Å². The third-order valence-electron chi connectivity index (χ3n) is 3.06. The van der Waals surface area contributed by atoms with Crippen LogP contribution in [0.25, 0.3) is 18.2 Å². The molecule has 0 N–H and O–H groups in total. The molecule has 0 fully saturated rings. The Morgan fingerprint density at radius 1 is 0.583 bits per heavy atom. The second-order valence-corrected chi connectivity index (χ2v) is 4.32. The van der Waals surface area contributed by atoms with Crippen molar-refractivity contribution in [2.45, 2.75) is 0 Å². The third kappa shape index (κ3) is 3.74. The monoisotopic (exact) mass is 321 g/mol. The van der Waals surface area contributed by atoms with E-state index in [-0.39, 0.29) is 16.7 Å². The summed E-state index contributed by atoms with van der Waals surface area (Å²) in [6.45, 7) is 0. The molecule has 24 heavy (non-hydrogen) atoms. The Bertz CT molecular complexity index is 685. The third-order valence-corrected chi connectivity index (χ3v) is 3.06. The van der Waals surface area contributed by atoms with Crippen molar-refractivity contribution in [1.29, 1.82) is 15.8 Å². The van der Waals surface area contributed by atoms with Crippen molar-refractivity contribution in [2.24, 2.45) is 0 Å². The zero-order chi connectivity index (χ0) is 17.9. The number of hydrogen-bond donors (Lipinski definition) is 0. The van der Waals surface area contributed by atoms with Gasteiger partial charge < -0.3 is 14.2 Å². The first-order chi connectivity index (χ1) is 11.7. The summed E-state index contributed by atoms with van der Waals surface area (Å²) < 4.78 is 14.7. The number of rotatable bonds is 6. The van der Waals surface area contributed by atoms with Gasteiger partial charge in [0.25, 0.3) is 0 Å². The van der Waals surface area contributed by atoms with E-state index in [2.05, 4.69) is 0 Å². The fourth-order valence-electron chi connectivity index (χ4n) is 2.08. The van der Waals surface area contributed by atoms with Gasteiger partial charge in [0.05, 0.1) is 56.8 Å². The molecule has 0 amide bonds. The van der Waals surface area contributed by atoms with Gasteiger partial charge >= 0.3 is 0 Å². The van der Waals surface area contributed by atoms with Crippen LogP contribution in [0.1, 0.15) is 33.4 Å². The second-order valence-electron chi connectivity index (χ2n) is 4.32. The number of nitrogens with zero attached hydrogens (tertiary/aromatic N) is 3. The van der Waals surface area contributed by atoms with Crippen LogP contribution in [0, 0.1) is 34.0 Å². The molecule has 0 heterocycles. The summed E-state index contributed by atoms with van der Waals surface area (Å²) in [5.74, 6) is 0. The van der Waals surface area contributed by atoms with Gasteiger partial charge in [-0.1, -0.05) is 0 Å². The maximum atomic E-state index is 9.54. The predicted octanol–water partition coefficient (Wildman–Crippen LogP) is 3.15. The highest BCUT2D eigenvalue weighted by Crippen LogP contribution is 2.30. The van der Waals surface area contributed by atoms with Crippen molar-refractivity contribution in [3.63, 3.8) is 0 Å². The van der Waals surface area contributed by atoms with Crippen LogP contribution < -0.4 is 0 Å². The molecule has 0 aliphatic heterocycles. The molecule has 0 spiro atoms. The van der Waals surface area contributed by atoms with Crippen molar-refractivity contribution in [3.05, 3.63) is 52.2 Å². The maximum Gasteiger partial charge on any atom is 0.100 e. The highest BCUT2D eigenvalue weighted by atomic mass is 16.5. The fourth-order valence-corrected chi connectivity index (χ4v) is 2.08. The Morgan fingerprint density at radius 3 is 1.00 bits per heavy atom. The van der Waals surface area contributed by atoms with Gasteiger partial charge in [-0.05, 0) is 18.2 Å². The average molecular weight is 321 g/mol. The summed E-state index contributed by atoms with van der Waals surface area (Å²) in [5.41, 5.74) is 1.60. The zero-order valence-electron chi connectivity index (χ0n) is 13.5. The lowest BCUT2D eigenvalue weighted by Crippen LogP contribution is -2.02. The molecule has 0 unspecified atom stereocenters. The lowest BCUT2D eigenvalue weighted by molar-refractivity contribution is 0.341. The molecule has 1 aromatic carbocycles. The Kier molecular flexibility index (Phi) is 7.15. The summed E-state index contributed by atoms with van der Waals surface area (Å²) >= 11 is 0. The highest BCUT2D eigenvalue weighted by molar-refractivity contribution is 5.82. The van der Waals surface area contributed by atoms with Gasteiger partial charge in [0.2, 0.25) is 0 Å². The smallest absolute Gasteiger partial charge is 0.100 e. The van der Waals surface area contributed by atoms with E-state index >= 15 is 0 Å². The summed E-state index contributed by atoms with van der Waals surface area (Å²) in [6, 6.07) is 6.13. The standard InChI is InChI=1S/C18H15N3O3/c1-22-7-4-13-16(10-19)14(5-8-23-2)18(12-21)15(6-9-24-3)17(13)11-20/h4-9H,1-3H3/b7-4+,8-5+,9-6+.